The van der Waals surface area contributed by atoms with Gasteiger partial charge >= 0.3 is 0 Å². The smallest absolute Gasteiger partial charge is 0.253 e. The van der Waals surface area contributed by atoms with Crippen LogP contribution in [0.3, 0.4) is 0 Å². The van der Waals surface area contributed by atoms with Crippen LogP contribution in [0.1, 0.15) is 39.9 Å². The maximum Gasteiger partial charge on any atom is 0.253 e. The van der Waals surface area contributed by atoms with Crippen LogP contribution in [0.25, 0.3) is 0 Å². The van der Waals surface area contributed by atoms with Gasteiger partial charge in [-0.15, -0.1) is 0 Å². The average Bonchev–Trinajstić information content (AvgIpc) is 3.13. The molecule has 152 valence electrons. The van der Waals surface area contributed by atoms with Gasteiger partial charge < -0.3 is 9.80 Å². The molecule has 0 atom stereocenters. The summed E-state index contributed by atoms with van der Waals surface area (Å²) in [6.07, 6.45) is 1.61. The summed E-state index contributed by atoms with van der Waals surface area (Å²) < 4.78 is 0. The number of amides is 2. The summed E-state index contributed by atoms with van der Waals surface area (Å²) >= 11 is 0. The Hall–Kier alpha value is -2.66. The van der Waals surface area contributed by atoms with E-state index in [1.807, 2.05) is 34.1 Å². The standard InChI is InChI=1S/C24H29N3O2/c1-19-4-2-5-21(16-19)17-25-12-14-26(15-13-25)24(29)22-9-7-20(8-10-22)18-27-11-3-6-23(27)28/h2,4-5,7-10,16H,3,6,11-15,17-18H2,1H3. The topological polar surface area (TPSA) is 43.9 Å². The van der Waals surface area contributed by atoms with Gasteiger partial charge in [0.1, 0.15) is 0 Å². The molecule has 0 aromatic heterocycles. The second-order valence-corrected chi connectivity index (χ2v) is 8.17. The van der Waals surface area contributed by atoms with Crippen LogP contribution in [-0.2, 0) is 17.9 Å². The molecular formula is C24H29N3O2. The van der Waals surface area contributed by atoms with Crippen molar-refractivity contribution >= 4 is 11.8 Å². The van der Waals surface area contributed by atoms with E-state index in [1.54, 1.807) is 0 Å². The SMILES string of the molecule is Cc1cccc(CN2CCN(C(=O)c3ccc(CN4CCCC4=O)cc3)CC2)c1. The zero-order valence-corrected chi connectivity index (χ0v) is 17.1. The fraction of sp³-hybridized carbons (Fsp3) is 0.417. The molecule has 2 aliphatic rings. The van der Waals surface area contributed by atoms with Gasteiger partial charge in [-0.1, -0.05) is 42.0 Å². The number of carbonyl (C=O) groups is 2. The van der Waals surface area contributed by atoms with Crippen LogP contribution in [0.5, 0.6) is 0 Å². The summed E-state index contributed by atoms with van der Waals surface area (Å²) in [4.78, 5) is 30.9. The summed E-state index contributed by atoms with van der Waals surface area (Å²) in [6.45, 7) is 7.85. The van der Waals surface area contributed by atoms with Crippen molar-refractivity contribution in [2.24, 2.45) is 0 Å². The Morgan fingerprint density at radius 2 is 1.66 bits per heavy atom. The number of hydrogen-bond acceptors (Lipinski definition) is 3. The molecule has 2 amide bonds. The molecule has 2 fully saturated rings. The Bertz CT molecular complexity index is 870. The van der Waals surface area contributed by atoms with Crippen LogP contribution < -0.4 is 0 Å². The second kappa shape index (κ2) is 8.78. The van der Waals surface area contributed by atoms with Crippen molar-refractivity contribution in [3.8, 4) is 0 Å². The van der Waals surface area contributed by atoms with Crippen molar-refractivity contribution in [2.45, 2.75) is 32.9 Å². The lowest BCUT2D eigenvalue weighted by molar-refractivity contribution is -0.128. The number of benzene rings is 2. The fourth-order valence-corrected chi connectivity index (χ4v) is 4.20. The number of carbonyl (C=O) groups excluding carboxylic acids is 2. The molecule has 0 bridgehead atoms. The van der Waals surface area contributed by atoms with Crippen LogP contribution >= 0.6 is 0 Å². The monoisotopic (exact) mass is 391 g/mol. The highest BCUT2D eigenvalue weighted by molar-refractivity contribution is 5.94. The van der Waals surface area contributed by atoms with Gasteiger partial charge in [0.15, 0.2) is 0 Å². The molecule has 0 spiro atoms. The zero-order chi connectivity index (χ0) is 20.2. The van der Waals surface area contributed by atoms with E-state index in [9.17, 15) is 9.59 Å². The molecule has 0 unspecified atom stereocenters. The van der Waals surface area contributed by atoms with Crippen molar-refractivity contribution in [3.05, 3.63) is 70.8 Å². The predicted octanol–water partition coefficient (Wildman–Crippen LogP) is 3.08. The Morgan fingerprint density at radius 3 is 2.31 bits per heavy atom. The van der Waals surface area contributed by atoms with E-state index in [1.165, 1.54) is 11.1 Å². The van der Waals surface area contributed by atoms with E-state index in [-0.39, 0.29) is 11.8 Å². The van der Waals surface area contributed by atoms with E-state index in [0.717, 1.165) is 56.8 Å². The fourth-order valence-electron chi connectivity index (χ4n) is 4.20. The van der Waals surface area contributed by atoms with Gasteiger partial charge in [0, 0.05) is 57.8 Å². The molecule has 2 saturated heterocycles. The number of aryl methyl sites for hydroxylation is 1. The van der Waals surface area contributed by atoms with Gasteiger partial charge in [0.05, 0.1) is 0 Å². The third-order valence-electron chi connectivity index (χ3n) is 5.89. The van der Waals surface area contributed by atoms with Crippen molar-refractivity contribution < 1.29 is 9.59 Å². The first-order valence-corrected chi connectivity index (χ1v) is 10.5. The first-order valence-electron chi connectivity index (χ1n) is 10.5. The van der Waals surface area contributed by atoms with Crippen LogP contribution in [0.4, 0.5) is 0 Å². The maximum atomic E-state index is 12.9. The predicted molar refractivity (Wildman–Crippen MR) is 113 cm³/mol. The third kappa shape index (κ3) is 4.85. The first kappa shape index (κ1) is 19.6. The highest BCUT2D eigenvalue weighted by Crippen LogP contribution is 2.16. The largest absolute Gasteiger partial charge is 0.338 e. The summed E-state index contributed by atoms with van der Waals surface area (Å²) in [6, 6.07) is 16.4. The molecule has 0 saturated carbocycles. The van der Waals surface area contributed by atoms with E-state index >= 15 is 0 Å². The van der Waals surface area contributed by atoms with E-state index in [4.69, 9.17) is 0 Å². The lowest BCUT2D eigenvalue weighted by atomic mass is 10.1. The third-order valence-corrected chi connectivity index (χ3v) is 5.89. The van der Waals surface area contributed by atoms with E-state index in [2.05, 4.69) is 36.1 Å². The minimum absolute atomic E-state index is 0.101. The Balaban J connectivity index is 1.29. The second-order valence-electron chi connectivity index (χ2n) is 8.17. The van der Waals surface area contributed by atoms with Gasteiger partial charge in [-0.25, -0.2) is 0 Å². The highest BCUT2D eigenvalue weighted by atomic mass is 16.2. The molecule has 2 heterocycles. The number of likely N-dealkylation sites (tertiary alicyclic amines) is 1. The van der Waals surface area contributed by atoms with Crippen molar-refractivity contribution in [1.82, 2.24) is 14.7 Å². The van der Waals surface area contributed by atoms with Crippen molar-refractivity contribution in [1.29, 1.82) is 0 Å². The number of hydrogen-bond donors (Lipinski definition) is 0. The molecule has 0 radical (unpaired) electrons. The minimum atomic E-state index is 0.101. The highest BCUT2D eigenvalue weighted by Gasteiger charge is 2.23. The Morgan fingerprint density at radius 1 is 0.897 bits per heavy atom. The molecule has 0 aliphatic carbocycles. The van der Waals surface area contributed by atoms with E-state index in [0.29, 0.717) is 13.0 Å². The molecule has 0 N–H and O–H groups in total. The normalized spacial score (nSPS) is 17.8. The molecule has 2 aromatic carbocycles. The quantitative estimate of drug-likeness (QED) is 0.787. The summed E-state index contributed by atoms with van der Waals surface area (Å²) in [7, 11) is 0. The van der Waals surface area contributed by atoms with Gasteiger partial charge in [-0.05, 0) is 36.6 Å². The van der Waals surface area contributed by atoms with Crippen LogP contribution in [0.2, 0.25) is 0 Å². The van der Waals surface area contributed by atoms with Crippen LogP contribution in [-0.4, -0.2) is 59.2 Å². The number of nitrogens with zero attached hydrogens (tertiary/aromatic N) is 3. The molecule has 4 rings (SSSR count). The minimum Gasteiger partial charge on any atom is -0.338 e. The van der Waals surface area contributed by atoms with Crippen molar-refractivity contribution in [3.63, 3.8) is 0 Å². The average molecular weight is 392 g/mol. The lowest BCUT2D eigenvalue weighted by Crippen LogP contribution is -2.48. The van der Waals surface area contributed by atoms with Gasteiger partial charge in [-0.2, -0.15) is 0 Å². The number of piperazine rings is 1. The molecule has 5 heteroatoms. The van der Waals surface area contributed by atoms with Gasteiger partial charge in [0.2, 0.25) is 5.91 Å². The Kier molecular flexibility index (Phi) is 5.95. The maximum absolute atomic E-state index is 12.9. The first-order chi connectivity index (χ1) is 14.1. The molecule has 5 nitrogen and oxygen atoms in total. The zero-order valence-electron chi connectivity index (χ0n) is 17.1. The molecule has 2 aliphatic heterocycles. The summed E-state index contributed by atoms with van der Waals surface area (Å²) in [5.41, 5.74) is 4.43. The summed E-state index contributed by atoms with van der Waals surface area (Å²) in [5, 5.41) is 0. The summed E-state index contributed by atoms with van der Waals surface area (Å²) in [5.74, 6) is 0.331. The lowest BCUT2D eigenvalue weighted by Gasteiger charge is -2.35. The van der Waals surface area contributed by atoms with Gasteiger partial charge in [-0.3, -0.25) is 14.5 Å². The molecule has 29 heavy (non-hydrogen) atoms. The van der Waals surface area contributed by atoms with Crippen molar-refractivity contribution in [2.75, 3.05) is 32.7 Å². The van der Waals surface area contributed by atoms with E-state index < -0.39 is 0 Å². The van der Waals surface area contributed by atoms with Gasteiger partial charge in [0.25, 0.3) is 5.91 Å². The molecule has 2 aromatic rings. The number of rotatable bonds is 5. The van der Waals surface area contributed by atoms with Crippen LogP contribution in [0, 0.1) is 6.92 Å². The molecular weight excluding hydrogens is 362 g/mol. The van der Waals surface area contributed by atoms with Crippen LogP contribution in [0.15, 0.2) is 48.5 Å². The Labute approximate surface area is 172 Å².